The molecule has 0 aliphatic carbocycles. The Kier molecular flexibility index (Phi) is 76.6. The van der Waals surface area contributed by atoms with Crippen LogP contribution in [0.5, 0.6) is 0 Å². The molecule has 0 saturated carbocycles. The second-order valence-corrected chi connectivity index (χ2v) is 30.0. The van der Waals surface area contributed by atoms with Crippen molar-refractivity contribution in [2.45, 2.75) is 334 Å². The van der Waals surface area contributed by atoms with E-state index in [2.05, 4.69) is 191 Å². The van der Waals surface area contributed by atoms with E-state index in [4.69, 9.17) is 32.3 Å². The lowest BCUT2D eigenvalue weighted by Gasteiger charge is -2.21. The first-order valence-corrected chi connectivity index (χ1v) is 44.4. The topological polar surface area (TPSA) is 231 Å². The number of ether oxygens (including phenoxy) is 3. The summed E-state index contributed by atoms with van der Waals surface area (Å²) >= 11 is 0. The fourth-order valence-corrected chi connectivity index (χ4v) is 12.3. The van der Waals surface area contributed by atoms with Crippen molar-refractivity contribution >= 4 is 33.6 Å². The first-order valence-electron chi connectivity index (χ1n) is 41.4. The van der Waals surface area contributed by atoms with Crippen LogP contribution < -0.4 is 0 Å². The van der Waals surface area contributed by atoms with E-state index < -0.39 is 91.5 Å². The Morgan fingerprint density at radius 3 is 0.738 bits per heavy atom. The average Bonchev–Trinajstić information content (AvgIpc) is 0.907. The Morgan fingerprint density at radius 1 is 0.262 bits per heavy atom. The Balaban J connectivity index is 4.52. The summed E-state index contributed by atoms with van der Waals surface area (Å²) in [5.74, 6) is -1.63. The van der Waals surface area contributed by atoms with Gasteiger partial charge in [0.2, 0.25) is 0 Å². The molecule has 0 amide bonds. The third-order valence-electron chi connectivity index (χ3n) is 16.9. The van der Waals surface area contributed by atoms with Gasteiger partial charge in [-0.2, -0.15) is 0 Å². The molecule has 0 heterocycles. The molecule has 0 rings (SSSR count). The van der Waals surface area contributed by atoms with E-state index in [9.17, 15) is 43.5 Å². The molecule has 0 fully saturated rings. The van der Waals surface area contributed by atoms with E-state index in [1.165, 1.54) is 89.9 Å². The zero-order chi connectivity index (χ0) is 78.0. The van der Waals surface area contributed by atoms with E-state index in [0.29, 0.717) is 19.3 Å². The number of hydrogen-bond acceptors (Lipinski definition) is 14. The number of carbonyl (C=O) groups is 3. The lowest BCUT2D eigenvalue weighted by Crippen LogP contribution is -2.30. The maximum atomic E-state index is 13.0. The third-order valence-corrected chi connectivity index (χ3v) is 18.8. The molecule has 16 nitrogen and oxygen atoms in total. The minimum absolute atomic E-state index is 0.0666. The molecule has 0 aliphatic rings. The fraction of sp³-hybridized carbons (Fsp3) is 0.652. The monoisotopic (exact) mass is 1540 g/mol. The molecule has 610 valence electrons. The first-order chi connectivity index (χ1) is 52.2. The predicted molar refractivity (Wildman–Crippen MR) is 445 cm³/mol. The van der Waals surface area contributed by atoms with Gasteiger partial charge >= 0.3 is 33.6 Å². The molecule has 18 heteroatoms. The number of aliphatic hydroxyl groups is 2. The molecule has 5 atom stereocenters. The molecule has 0 aromatic heterocycles. The van der Waals surface area contributed by atoms with Gasteiger partial charge in [0.15, 0.2) is 6.10 Å². The first kappa shape index (κ1) is 102. The van der Waals surface area contributed by atoms with Crippen molar-refractivity contribution in [3.05, 3.63) is 170 Å². The molecule has 0 bridgehead atoms. The molecule has 0 spiro atoms. The molecule has 0 radical (unpaired) electrons. The zero-order valence-electron chi connectivity index (χ0n) is 66.7. The van der Waals surface area contributed by atoms with Crippen LogP contribution in [0.1, 0.15) is 316 Å². The van der Waals surface area contributed by atoms with E-state index in [0.717, 1.165) is 167 Å². The van der Waals surface area contributed by atoms with Crippen molar-refractivity contribution in [2.75, 3.05) is 39.6 Å². The second-order valence-electron chi connectivity index (χ2n) is 27.1. The smallest absolute Gasteiger partial charge is 0.463 e. The van der Waals surface area contributed by atoms with Gasteiger partial charge in [-0.05, 0) is 148 Å². The minimum Gasteiger partial charge on any atom is -0.463 e. The van der Waals surface area contributed by atoms with Crippen molar-refractivity contribution in [1.82, 2.24) is 0 Å². The quantitative estimate of drug-likeness (QED) is 0.0146. The Hall–Kier alpha value is -5.09. The summed E-state index contributed by atoms with van der Waals surface area (Å²) < 4.78 is 61.2. The molecule has 0 saturated heterocycles. The number of unbranched alkanes of at least 4 members (excludes halogenated alkanes) is 26. The normalized spacial score (nSPS) is 14.8. The summed E-state index contributed by atoms with van der Waals surface area (Å²) in [7, 11) is -9.82. The van der Waals surface area contributed by atoms with E-state index in [-0.39, 0.29) is 19.3 Å². The zero-order valence-corrected chi connectivity index (χ0v) is 68.5. The lowest BCUT2D eigenvalue weighted by molar-refractivity contribution is -0.161. The third kappa shape index (κ3) is 81.7. The van der Waals surface area contributed by atoms with Gasteiger partial charge in [-0.1, -0.05) is 319 Å². The van der Waals surface area contributed by atoms with Gasteiger partial charge in [-0.3, -0.25) is 32.5 Å². The summed E-state index contributed by atoms with van der Waals surface area (Å²) in [6.07, 6.45) is 103. The maximum Gasteiger partial charge on any atom is 0.472 e. The molecule has 107 heavy (non-hydrogen) atoms. The van der Waals surface area contributed by atoms with Crippen molar-refractivity contribution in [2.24, 2.45) is 0 Å². The average molecular weight is 1540 g/mol. The number of carbonyl (C=O) groups excluding carboxylic acids is 3. The molecular formula is C89H148O16P2. The van der Waals surface area contributed by atoms with Crippen LogP contribution >= 0.6 is 15.6 Å². The number of hydrogen-bond donors (Lipinski definition) is 4. The van der Waals surface area contributed by atoms with Crippen LogP contribution in [0.25, 0.3) is 0 Å². The van der Waals surface area contributed by atoms with E-state index in [1.807, 2.05) is 0 Å². The van der Waals surface area contributed by atoms with E-state index >= 15 is 0 Å². The summed E-state index contributed by atoms with van der Waals surface area (Å²) in [6, 6.07) is 0. The highest BCUT2D eigenvalue weighted by atomic mass is 31.2. The van der Waals surface area contributed by atoms with Crippen molar-refractivity contribution in [1.29, 1.82) is 0 Å². The van der Waals surface area contributed by atoms with Crippen molar-refractivity contribution in [3.63, 3.8) is 0 Å². The van der Waals surface area contributed by atoms with E-state index in [1.54, 1.807) is 0 Å². The number of esters is 3. The molecule has 0 aromatic rings. The van der Waals surface area contributed by atoms with Gasteiger partial charge < -0.3 is 34.2 Å². The van der Waals surface area contributed by atoms with Gasteiger partial charge in [0.05, 0.1) is 26.4 Å². The highest BCUT2D eigenvalue weighted by Crippen LogP contribution is 2.45. The number of allylic oxidation sites excluding steroid dienone is 28. The number of aliphatic hydroxyl groups excluding tert-OH is 2. The Labute approximate surface area is 650 Å². The molecule has 5 unspecified atom stereocenters. The van der Waals surface area contributed by atoms with Gasteiger partial charge in [0, 0.05) is 19.3 Å². The number of phosphoric acid groups is 2. The SMILES string of the molecule is CC/C=C\C/C=C\C/C=C\C/C=C\C/C=C\CCCCCCCCCCCCCCCCCCCC(=O)OCC(O)COP(=O)(O)OCC(O)COP(=O)(O)OCC(COC(=O)CCCCCCC/C=C\C/C=C\C/C=C\C/C=C\C/C=C\CC)OC(=O)CCCCCC/C=C\C/C=C\C/C=C\C/C=C\CC. The molecule has 0 aromatic carbocycles. The summed E-state index contributed by atoms with van der Waals surface area (Å²) in [5.41, 5.74) is 0. The lowest BCUT2D eigenvalue weighted by atomic mass is 10.0. The summed E-state index contributed by atoms with van der Waals surface area (Å²) in [6.45, 7) is 2.29. The van der Waals surface area contributed by atoms with Crippen molar-refractivity contribution in [3.8, 4) is 0 Å². The number of rotatable bonds is 77. The largest absolute Gasteiger partial charge is 0.472 e. The number of phosphoric ester groups is 2. The van der Waals surface area contributed by atoms with Gasteiger partial charge in [0.1, 0.15) is 25.4 Å². The van der Waals surface area contributed by atoms with Crippen molar-refractivity contribution < 1.29 is 75.8 Å². The predicted octanol–water partition coefficient (Wildman–Crippen LogP) is 24.8. The highest BCUT2D eigenvalue weighted by molar-refractivity contribution is 7.47. The minimum atomic E-state index is -4.95. The van der Waals surface area contributed by atoms with Crippen LogP contribution in [0.4, 0.5) is 0 Å². The fourth-order valence-electron chi connectivity index (χ4n) is 10.7. The van der Waals surface area contributed by atoms with Crippen LogP contribution in [-0.4, -0.2) is 95.9 Å². The van der Waals surface area contributed by atoms with Crippen LogP contribution in [0, 0.1) is 0 Å². The molecule has 0 aliphatic heterocycles. The molecular weight excluding hydrogens is 1390 g/mol. The van der Waals surface area contributed by atoms with Crippen LogP contribution in [0.2, 0.25) is 0 Å². The maximum absolute atomic E-state index is 13.0. The standard InChI is InChI=1S/C89H148O16P2/c1-4-7-10-13-16-19-22-25-28-31-33-35-36-37-38-39-40-41-42-43-44-45-46-48-50-52-54-57-60-63-66-69-72-75-87(92)99-78-84(90)79-101-106(95,96)102-80-85(91)81-103-107(97,98)104-83-86(105-89(94)77-74-71-68-65-62-59-56-51-30-27-24-21-18-15-12-9-6-3)82-100-88(93)76-73-70-67-64-61-58-55-53-49-47-34-32-29-26-23-20-17-14-11-8-5-2/h7-12,16-21,25-30,33-35,37-38,47,53,55-56,59,84-86,90-91H,4-6,13-15,22-24,31-32,36,39-46,48-52,54,57-58,60-83H2,1-3H3,(H,95,96)(H,97,98)/b10-7-,11-8-,12-9-,19-16-,20-17-,21-18-,28-25-,29-26-,30-27-,35-33-,38-37-,47-34-,55-53-,59-56-. The van der Waals surface area contributed by atoms with Crippen LogP contribution in [0.3, 0.4) is 0 Å². The second kappa shape index (κ2) is 80.4. The summed E-state index contributed by atoms with van der Waals surface area (Å²) in [5, 5.41) is 20.7. The Morgan fingerprint density at radius 2 is 0.467 bits per heavy atom. The highest BCUT2D eigenvalue weighted by Gasteiger charge is 2.29. The van der Waals surface area contributed by atoms with Gasteiger partial charge in [-0.15, -0.1) is 0 Å². The molecule has 4 N–H and O–H groups in total. The van der Waals surface area contributed by atoms with Crippen LogP contribution in [0.15, 0.2) is 170 Å². The van der Waals surface area contributed by atoms with Crippen LogP contribution in [-0.2, 0) is 55.8 Å². The summed E-state index contributed by atoms with van der Waals surface area (Å²) in [4.78, 5) is 58.7. The Bertz CT molecular complexity index is 2620. The van der Waals surface area contributed by atoms with Gasteiger partial charge in [-0.25, -0.2) is 9.13 Å². The van der Waals surface area contributed by atoms with Gasteiger partial charge in [0.25, 0.3) is 0 Å².